The Morgan fingerprint density at radius 1 is 0.800 bits per heavy atom. The first kappa shape index (κ1) is 28.1. The van der Waals surface area contributed by atoms with Crippen LogP contribution >= 0.6 is 0 Å². The maximum Gasteiger partial charge on any atom is 0.435 e. The third-order valence-electron chi connectivity index (χ3n) is 6.61. The van der Waals surface area contributed by atoms with Crippen LogP contribution in [0, 0.1) is 0 Å². The van der Waals surface area contributed by atoms with Crippen LogP contribution in [0.1, 0.15) is 43.6 Å². The molecule has 0 bridgehead atoms. The molecule has 2 fully saturated rings. The van der Waals surface area contributed by atoms with Crippen LogP contribution in [0.4, 0.5) is 22.0 Å². The monoisotopic (exact) mass is 572 g/mol. The van der Waals surface area contributed by atoms with Gasteiger partial charge in [0.2, 0.25) is 0 Å². The topological polar surface area (TPSA) is 146 Å². The summed E-state index contributed by atoms with van der Waals surface area (Å²) in [6.07, 6.45) is -4.80. The van der Waals surface area contributed by atoms with Gasteiger partial charge in [0.1, 0.15) is 36.0 Å². The van der Waals surface area contributed by atoms with Crippen molar-refractivity contribution in [3.05, 3.63) is 36.7 Å². The van der Waals surface area contributed by atoms with Gasteiger partial charge in [0, 0.05) is 12.8 Å². The zero-order valence-corrected chi connectivity index (χ0v) is 21.0. The van der Waals surface area contributed by atoms with E-state index in [0.29, 0.717) is 11.2 Å². The first-order valence-electron chi connectivity index (χ1n) is 12.4. The third kappa shape index (κ3) is 5.21. The number of aryl methyl sites for hydroxylation is 1. The molecule has 12 nitrogen and oxygen atoms in total. The highest BCUT2D eigenvalue weighted by atomic mass is 19.4. The molecule has 2 saturated heterocycles. The van der Waals surface area contributed by atoms with E-state index in [4.69, 9.17) is 19.7 Å². The molecule has 17 heteroatoms. The van der Waals surface area contributed by atoms with Crippen molar-refractivity contribution in [1.82, 2.24) is 39.0 Å². The number of imidazole rings is 2. The van der Waals surface area contributed by atoms with Gasteiger partial charge in [0.05, 0.1) is 43.8 Å². The normalized spacial score (nSPS) is 26.9. The molecule has 6 rings (SSSR count). The van der Waals surface area contributed by atoms with Crippen LogP contribution in [-0.4, -0.2) is 87.0 Å². The van der Waals surface area contributed by atoms with Gasteiger partial charge in [-0.2, -0.15) is 13.2 Å². The summed E-state index contributed by atoms with van der Waals surface area (Å²) < 4.78 is 79.7. The molecular formula is C23H25F5N8O4. The van der Waals surface area contributed by atoms with Crippen molar-refractivity contribution in [2.45, 2.75) is 69.4 Å². The number of hydrogen-bond donors (Lipinski definition) is 2. The highest BCUT2D eigenvalue weighted by molar-refractivity contribution is 5.74. The van der Waals surface area contributed by atoms with Gasteiger partial charge in [-0.05, 0) is 6.42 Å². The Kier molecular flexibility index (Phi) is 7.89. The molecule has 0 radical (unpaired) electrons. The Morgan fingerprint density at radius 3 is 1.77 bits per heavy atom. The number of halogens is 5. The summed E-state index contributed by atoms with van der Waals surface area (Å²) in [7, 11) is 0. The lowest BCUT2D eigenvalue weighted by Gasteiger charge is -2.15. The number of aliphatic hydroxyl groups excluding tert-OH is 2. The first-order chi connectivity index (χ1) is 19.2. The van der Waals surface area contributed by atoms with E-state index in [1.807, 2.05) is 6.92 Å². The second-order valence-electron chi connectivity index (χ2n) is 9.21. The maximum atomic E-state index is 14.0. The van der Waals surface area contributed by atoms with Crippen molar-refractivity contribution >= 4 is 22.3 Å². The second kappa shape index (κ2) is 11.2. The lowest BCUT2D eigenvalue weighted by atomic mass is 10.2. The van der Waals surface area contributed by atoms with Crippen LogP contribution in [0.2, 0.25) is 0 Å². The summed E-state index contributed by atoms with van der Waals surface area (Å²) in [4.78, 5) is 23.1. The summed E-state index contributed by atoms with van der Waals surface area (Å²) in [6.45, 7) is 1.43. The van der Waals surface area contributed by atoms with E-state index in [2.05, 4.69) is 29.9 Å². The molecule has 216 valence electrons. The van der Waals surface area contributed by atoms with E-state index < -0.39 is 54.4 Å². The van der Waals surface area contributed by atoms with Crippen LogP contribution in [-0.2, 0) is 22.1 Å². The summed E-state index contributed by atoms with van der Waals surface area (Å²) >= 11 is 0. The minimum absolute atomic E-state index is 0.0436. The van der Waals surface area contributed by atoms with Gasteiger partial charge in [0.15, 0.2) is 29.4 Å². The molecular weight excluding hydrogens is 547 g/mol. The smallest absolute Gasteiger partial charge is 0.394 e. The van der Waals surface area contributed by atoms with Gasteiger partial charge >= 0.3 is 6.18 Å². The molecule has 6 atom stereocenters. The number of ether oxygens (including phenoxy) is 2. The Balaban J connectivity index is 0.000000162. The standard InChI is InChI=1S/C12H15FN4O2.C11H10F4N4O2/c1-2-9-10-11(15-5-14-9)17(6-16-10)12-8(13)3-7(4-18)19-12;12-6-1-5(2-20)21-10(6)19-4-18-7-8(11(13,14)15)16-3-17-9(7)19/h5-8,12,18H,2-4H2,1H3;3-6,10,20H,1-2H2/t;5-,6-,10+/m.0/s1. The molecule has 2 N–H and O–H groups in total. The lowest BCUT2D eigenvalue weighted by molar-refractivity contribution is -0.140. The van der Waals surface area contributed by atoms with Crippen LogP contribution in [0.25, 0.3) is 22.3 Å². The van der Waals surface area contributed by atoms with Crippen LogP contribution in [0.3, 0.4) is 0 Å². The van der Waals surface area contributed by atoms with Crippen molar-refractivity contribution in [2.24, 2.45) is 0 Å². The van der Waals surface area contributed by atoms with E-state index in [0.717, 1.165) is 29.3 Å². The van der Waals surface area contributed by atoms with Gasteiger partial charge in [-0.25, -0.2) is 38.7 Å². The number of aliphatic hydroxyl groups is 2. The van der Waals surface area contributed by atoms with Gasteiger partial charge in [0.25, 0.3) is 0 Å². The zero-order chi connectivity index (χ0) is 28.6. The van der Waals surface area contributed by atoms with Crippen molar-refractivity contribution in [3.63, 3.8) is 0 Å². The Morgan fingerprint density at radius 2 is 1.30 bits per heavy atom. The summed E-state index contributed by atoms with van der Waals surface area (Å²) in [5.41, 5.74) is 0.261. The average molecular weight is 572 g/mol. The van der Waals surface area contributed by atoms with E-state index in [9.17, 15) is 22.0 Å². The lowest BCUT2D eigenvalue weighted by Crippen LogP contribution is -2.17. The first-order valence-corrected chi connectivity index (χ1v) is 12.4. The second-order valence-corrected chi connectivity index (χ2v) is 9.21. The third-order valence-corrected chi connectivity index (χ3v) is 6.61. The van der Waals surface area contributed by atoms with Crippen molar-refractivity contribution in [3.8, 4) is 0 Å². The van der Waals surface area contributed by atoms with E-state index >= 15 is 0 Å². The molecule has 4 aromatic rings. The number of nitrogens with zero attached hydrogens (tertiary/aromatic N) is 8. The summed E-state index contributed by atoms with van der Waals surface area (Å²) in [5.74, 6) is 0. The molecule has 6 heterocycles. The molecule has 0 spiro atoms. The molecule has 0 saturated carbocycles. The van der Waals surface area contributed by atoms with Gasteiger partial charge in [-0.1, -0.05) is 6.92 Å². The Hall–Kier alpha value is -3.41. The predicted octanol–water partition coefficient (Wildman–Crippen LogP) is 2.47. The summed E-state index contributed by atoms with van der Waals surface area (Å²) in [6, 6.07) is 0. The van der Waals surface area contributed by atoms with Gasteiger partial charge < -0.3 is 19.7 Å². The molecule has 4 aromatic heterocycles. The highest BCUT2D eigenvalue weighted by Crippen LogP contribution is 2.36. The molecule has 0 amide bonds. The minimum Gasteiger partial charge on any atom is -0.394 e. The van der Waals surface area contributed by atoms with Crippen LogP contribution < -0.4 is 0 Å². The van der Waals surface area contributed by atoms with E-state index in [-0.39, 0.29) is 31.7 Å². The highest BCUT2D eigenvalue weighted by Gasteiger charge is 2.40. The van der Waals surface area contributed by atoms with Crippen molar-refractivity contribution in [1.29, 1.82) is 0 Å². The predicted molar refractivity (Wildman–Crippen MR) is 126 cm³/mol. The van der Waals surface area contributed by atoms with Crippen LogP contribution in [0.15, 0.2) is 25.3 Å². The van der Waals surface area contributed by atoms with Crippen molar-refractivity contribution in [2.75, 3.05) is 13.2 Å². The van der Waals surface area contributed by atoms with Crippen LogP contribution in [0.5, 0.6) is 0 Å². The number of alkyl halides is 5. The number of fused-ring (bicyclic) bond motifs is 2. The number of hydrogen-bond acceptors (Lipinski definition) is 10. The molecule has 40 heavy (non-hydrogen) atoms. The van der Waals surface area contributed by atoms with E-state index in [1.165, 1.54) is 12.7 Å². The fraction of sp³-hybridized carbons (Fsp3) is 0.565. The Bertz CT molecular complexity index is 1470. The zero-order valence-electron chi connectivity index (χ0n) is 21.0. The SMILES string of the molecule is CCc1ncnc2c1ncn2C1OC(CO)CC1F.OC[C@@H]1C[C@H](F)[C@H](n2cnc3c(C(F)(F)F)ncnc32)O1. The number of aromatic nitrogens is 8. The maximum absolute atomic E-state index is 14.0. The van der Waals surface area contributed by atoms with Crippen molar-refractivity contribution < 1.29 is 41.6 Å². The molecule has 3 unspecified atom stereocenters. The molecule has 2 aliphatic heterocycles. The van der Waals surface area contributed by atoms with E-state index in [1.54, 1.807) is 4.57 Å². The van der Waals surface area contributed by atoms with Gasteiger partial charge in [-0.15, -0.1) is 0 Å². The fourth-order valence-corrected chi connectivity index (χ4v) is 4.72. The largest absolute Gasteiger partial charge is 0.435 e. The molecule has 0 aliphatic carbocycles. The van der Waals surface area contributed by atoms with Gasteiger partial charge in [-0.3, -0.25) is 9.13 Å². The molecule has 2 aliphatic rings. The molecule has 0 aromatic carbocycles. The number of rotatable bonds is 5. The quantitative estimate of drug-likeness (QED) is 0.342. The minimum atomic E-state index is -4.68. The summed E-state index contributed by atoms with van der Waals surface area (Å²) in [5, 5.41) is 18.0. The Labute approximate surface area is 222 Å². The average Bonchev–Trinajstić information content (AvgIpc) is 3.72. The fourth-order valence-electron chi connectivity index (χ4n) is 4.72.